The Hall–Kier alpha value is -1.03. The molecule has 0 amide bonds. The first-order valence-corrected chi connectivity index (χ1v) is 7.36. The minimum atomic E-state index is -4.25. The van der Waals surface area contributed by atoms with Gasteiger partial charge in [0.2, 0.25) is 0 Å². The molecule has 1 N–H and O–H groups in total. The van der Waals surface area contributed by atoms with Gasteiger partial charge in [-0.1, -0.05) is 38.5 Å². The monoisotopic (exact) mass is 287 g/mol. The molecule has 1 rings (SSSR count). The maximum absolute atomic E-state index is 12.6. The van der Waals surface area contributed by atoms with E-state index < -0.39 is 11.7 Å². The standard InChI is InChI=1S/C16H24F3N/c1-3-7-15(20-4-2)11-6-9-13-8-5-10-14(12-13)16(17,18)19/h5,8,10,12,15,20H,3-4,6-7,9,11H2,1-2H3. The Balaban J connectivity index is 2.49. The second-order valence-electron chi connectivity index (χ2n) is 5.13. The van der Waals surface area contributed by atoms with Crippen molar-refractivity contribution < 1.29 is 13.2 Å². The number of alkyl halides is 3. The highest BCUT2D eigenvalue weighted by Gasteiger charge is 2.30. The van der Waals surface area contributed by atoms with Crippen molar-refractivity contribution >= 4 is 0 Å². The van der Waals surface area contributed by atoms with E-state index in [0.29, 0.717) is 12.5 Å². The Kier molecular flexibility index (Phi) is 7.06. The third kappa shape index (κ3) is 5.95. The molecule has 0 saturated carbocycles. The first-order valence-electron chi connectivity index (χ1n) is 7.36. The molecule has 20 heavy (non-hydrogen) atoms. The molecule has 0 aliphatic heterocycles. The molecule has 4 heteroatoms. The van der Waals surface area contributed by atoms with Crippen LogP contribution in [0.3, 0.4) is 0 Å². The SMILES string of the molecule is CCCC(CCCc1cccc(C(F)(F)F)c1)NCC. The maximum atomic E-state index is 12.6. The van der Waals surface area contributed by atoms with Crippen molar-refractivity contribution in [3.63, 3.8) is 0 Å². The minimum absolute atomic E-state index is 0.482. The Bertz CT molecular complexity index is 382. The van der Waals surface area contributed by atoms with Crippen LogP contribution in [0.25, 0.3) is 0 Å². The van der Waals surface area contributed by atoms with Crippen LogP contribution in [-0.2, 0) is 12.6 Å². The smallest absolute Gasteiger partial charge is 0.314 e. The summed E-state index contributed by atoms with van der Waals surface area (Å²) >= 11 is 0. The van der Waals surface area contributed by atoms with E-state index in [1.807, 2.05) is 0 Å². The van der Waals surface area contributed by atoms with E-state index in [1.54, 1.807) is 6.07 Å². The molecule has 1 aromatic rings. The third-order valence-corrected chi connectivity index (χ3v) is 3.40. The van der Waals surface area contributed by atoms with Gasteiger partial charge >= 0.3 is 6.18 Å². The van der Waals surface area contributed by atoms with Gasteiger partial charge in [0.1, 0.15) is 0 Å². The zero-order valence-electron chi connectivity index (χ0n) is 12.3. The fraction of sp³-hybridized carbons (Fsp3) is 0.625. The molecule has 0 radical (unpaired) electrons. The van der Waals surface area contributed by atoms with Crippen molar-refractivity contribution in [1.82, 2.24) is 5.32 Å². The van der Waals surface area contributed by atoms with Gasteiger partial charge in [0.15, 0.2) is 0 Å². The number of hydrogen-bond donors (Lipinski definition) is 1. The van der Waals surface area contributed by atoms with Crippen LogP contribution in [0.15, 0.2) is 24.3 Å². The Labute approximate surface area is 119 Å². The molecule has 0 saturated heterocycles. The molecule has 0 aliphatic rings. The summed E-state index contributed by atoms with van der Waals surface area (Å²) in [5.74, 6) is 0. The van der Waals surface area contributed by atoms with Gasteiger partial charge in [0.05, 0.1) is 5.56 Å². The summed E-state index contributed by atoms with van der Waals surface area (Å²) in [5, 5.41) is 3.43. The molecule has 1 nitrogen and oxygen atoms in total. The fourth-order valence-electron chi connectivity index (χ4n) is 2.44. The Morgan fingerprint density at radius 3 is 2.50 bits per heavy atom. The number of nitrogens with one attached hydrogen (secondary N) is 1. The van der Waals surface area contributed by atoms with E-state index in [9.17, 15) is 13.2 Å². The van der Waals surface area contributed by atoms with Crippen LogP contribution in [0.5, 0.6) is 0 Å². The second kappa shape index (κ2) is 8.30. The highest BCUT2D eigenvalue weighted by molar-refractivity contribution is 5.25. The highest BCUT2D eigenvalue weighted by atomic mass is 19.4. The van der Waals surface area contributed by atoms with Crippen molar-refractivity contribution in [1.29, 1.82) is 0 Å². The van der Waals surface area contributed by atoms with Gasteiger partial charge in [-0.05, 0) is 43.9 Å². The molecule has 0 aromatic heterocycles. The van der Waals surface area contributed by atoms with E-state index in [0.717, 1.165) is 43.9 Å². The van der Waals surface area contributed by atoms with Crippen molar-refractivity contribution in [2.75, 3.05) is 6.54 Å². The largest absolute Gasteiger partial charge is 0.416 e. The molecule has 0 bridgehead atoms. The summed E-state index contributed by atoms with van der Waals surface area (Å²) in [6.07, 6.45) is 0.634. The van der Waals surface area contributed by atoms with E-state index in [2.05, 4.69) is 19.2 Å². The molecular weight excluding hydrogens is 263 g/mol. The predicted molar refractivity (Wildman–Crippen MR) is 76.8 cm³/mol. The summed E-state index contributed by atoms with van der Waals surface area (Å²) in [6.45, 7) is 5.17. The summed E-state index contributed by atoms with van der Waals surface area (Å²) in [7, 11) is 0. The van der Waals surface area contributed by atoms with Crippen LogP contribution < -0.4 is 5.32 Å². The van der Waals surface area contributed by atoms with Gasteiger partial charge in [-0.25, -0.2) is 0 Å². The molecular formula is C16H24F3N. The number of aryl methyl sites for hydroxylation is 1. The topological polar surface area (TPSA) is 12.0 Å². The first kappa shape index (κ1) is 17.0. The Morgan fingerprint density at radius 2 is 1.90 bits per heavy atom. The summed E-state index contributed by atoms with van der Waals surface area (Å²) in [5.41, 5.74) is 0.221. The van der Waals surface area contributed by atoms with Gasteiger partial charge in [-0.15, -0.1) is 0 Å². The molecule has 1 aromatic carbocycles. The number of rotatable bonds is 8. The zero-order chi connectivity index (χ0) is 15.0. The quantitative estimate of drug-likeness (QED) is 0.723. The molecule has 1 atom stereocenters. The molecule has 0 heterocycles. The molecule has 0 spiro atoms. The minimum Gasteiger partial charge on any atom is -0.314 e. The van der Waals surface area contributed by atoms with Gasteiger partial charge in [-0.2, -0.15) is 13.2 Å². The Morgan fingerprint density at radius 1 is 1.15 bits per heavy atom. The number of benzene rings is 1. The molecule has 0 aliphatic carbocycles. The number of halogens is 3. The van der Waals surface area contributed by atoms with Crippen molar-refractivity contribution in [2.45, 2.75) is 58.2 Å². The van der Waals surface area contributed by atoms with Gasteiger partial charge in [-0.3, -0.25) is 0 Å². The van der Waals surface area contributed by atoms with Crippen molar-refractivity contribution in [2.24, 2.45) is 0 Å². The predicted octanol–water partition coefficient (Wildman–Crippen LogP) is 4.81. The van der Waals surface area contributed by atoms with Gasteiger partial charge < -0.3 is 5.32 Å². The van der Waals surface area contributed by atoms with E-state index in [1.165, 1.54) is 12.1 Å². The maximum Gasteiger partial charge on any atom is 0.416 e. The lowest BCUT2D eigenvalue weighted by molar-refractivity contribution is -0.137. The molecule has 0 fully saturated rings. The van der Waals surface area contributed by atoms with Gasteiger partial charge in [0.25, 0.3) is 0 Å². The van der Waals surface area contributed by atoms with E-state index >= 15 is 0 Å². The fourth-order valence-corrected chi connectivity index (χ4v) is 2.44. The molecule has 114 valence electrons. The normalized spacial score (nSPS) is 13.4. The lowest BCUT2D eigenvalue weighted by atomic mass is 10.0. The highest BCUT2D eigenvalue weighted by Crippen LogP contribution is 2.29. The van der Waals surface area contributed by atoms with E-state index in [-0.39, 0.29) is 0 Å². The van der Waals surface area contributed by atoms with Crippen molar-refractivity contribution in [3.05, 3.63) is 35.4 Å². The number of hydrogen-bond acceptors (Lipinski definition) is 1. The summed E-state index contributed by atoms with van der Waals surface area (Å²) < 4.78 is 37.8. The van der Waals surface area contributed by atoms with Crippen LogP contribution in [0.4, 0.5) is 13.2 Å². The summed E-state index contributed by atoms with van der Waals surface area (Å²) in [6, 6.07) is 6.14. The third-order valence-electron chi connectivity index (χ3n) is 3.40. The van der Waals surface area contributed by atoms with Crippen LogP contribution in [0.1, 0.15) is 50.7 Å². The lowest BCUT2D eigenvalue weighted by Gasteiger charge is -2.17. The summed E-state index contributed by atoms with van der Waals surface area (Å²) in [4.78, 5) is 0. The zero-order valence-corrected chi connectivity index (χ0v) is 12.3. The van der Waals surface area contributed by atoms with Crippen LogP contribution in [-0.4, -0.2) is 12.6 Å². The van der Waals surface area contributed by atoms with Crippen molar-refractivity contribution in [3.8, 4) is 0 Å². The average molecular weight is 287 g/mol. The van der Waals surface area contributed by atoms with Crippen LogP contribution in [0, 0.1) is 0 Å². The van der Waals surface area contributed by atoms with Crippen LogP contribution >= 0.6 is 0 Å². The average Bonchev–Trinajstić information content (AvgIpc) is 2.38. The van der Waals surface area contributed by atoms with E-state index in [4.69, 9.17) is 0 Å². The first-order chi connectivity index (χ1) is 9.47. The lowest BCUT2D eigenvalue weighted by Crippen LogP contribution is -2.28. The second-order valence-corrected chi connectivity index (χ2v) is 5.13. The van der Waals surface area contributed by atoms with Gasteiger partial charge in [0, 0.05) is 6.04 Å². The van der Waals surface area contributed by atoms with Crippen LogP contribution in [0.2, 0.25) is 0 Å². The molecule has 1 unspecified atom stereocenters.